The number of fused-ring (bicyclic) bond motifs is 1. The molecular weight excluding hydrogens is 543 g/mol. The molecule has 4 rings (SSSR count). The van der Waals surface area contributed by atoms with Gasteiger partial charge in [-0.1, -0.05) is 56.0 Å². The Morgan fingerprint density at radius 2 is 1.85 bits per heavy atom. The zero-order chi connectivity index (χ0) is 28.8. The van der Waals surface area contributed by atoms with Crippen molar-refractivity contribution in [2.24, 2.45) is 10.9 Å². The third-order valence-electron chi connectivity index (χ3n) is 7.32. The number of rotatable bonds is 9. The topological polar surface area (TPSA) is 74.5 Å². The molecule has 2 aromatic carbocycles. The van der Waals surface area contributed by atoms with Gasteiger partial charge in [0.25, 0.3) is 5.56 Å². The first kappa shape index (κ1) is 30.4. The third-order valence-corrected chi connectivity index (χ3v) is 7.91. The van der Waals surface area contributed by atoms with Crippen LogP contribution >= 0.6 is 23.2 Å². The average Bonchev–Trinajstić information content (AvgIpc) is 2.88. The SMILES string of the molecule is CC(C)CCCC(C)/N=C(/Nc1ccc2c(=O)n(CCc3ccc(Cl)cc3Cl)cnc2c1)N1C[C@@H](C)N[C@@H](C)C1. The maximum Gasteiger partial charge on any atom is 0.261 e. The molecule has 3 atom stereocenters. The fourth-order valence-electron chi connectivity index (χ4n) is 5.28. The summed E-state index contributed by atoms with van der Waals surface area (Å²) in [5.41, 5.74) is 2.40. The first-order chi connectivity index (χ1) is 19.1. The van der Waals surface area contributed by atoms with Gasteiger partial charge in [-0.3, -0.25) is 9.36 Å². The van der Waals surface area contributed by atoms with E-state index in [9.17, 15) is 4.79 Å². The number of aliphatic imine (C=N–C) groups is 1. The van der Waals surface area contributed by atoms with Crippen molar-refractivity contribution in [3.05, 3.63) is 68.7 Å². The van der Waals surface area contributed by atoms with Crippen molar-refractivity contribution in [3.8, 4) is 0 Å². The molecule has 1 aromatic heterocycles. The molecule has 1 fully saturated rings. The largest absolute Gasteiger partial charge is 0.340 e. The Morgan fingerprint density at radius 1 is 1.10 bits per heavy atom. The van der Waals surface area contributed by atoms with Crippen LogP contribution < -0.4 is 16.2 Å². The lowest BCUT2D eigenvalue weighted by Gasteiger charge is -2.38. The molecule has 40 heavy (non-hydrogen) atoms. The van der Waals surface area contributed by atoms with Gasteiger partial charge in [-0.2, -0.15) is 0 Å². The van der Waals surface area contributed by atoms with Crippen molar-refractivity contribution in [2.75, 3.05) is 18.4 Å². The minimum Gasteiger partial charge on any atom is -0.340 e. The molecule has 1 unspecified atom stereocenters. The number of hydrogen-bond donors (Lipinski definition) is 2. The quantitative estimate of drug-likeness (QED) is 0.218. The van der Waals surface area contributed by atoms with Crippen LogP contribution in [-0.4, -0.2) is 51.6 Å². The highest BCUT2D eigenvalue weighted by Crippen LogP contribution is 2.22. The van der Waals surface area contributed by atoms with E-state index in [4.69, 9.17) is 28.2 Å². The average molecular weight is 586 g/mol. The fourth-order valence-corrected chi connectivity index (χ4v) is 5.78. The fraction of sp³-hybridized carbons (Fsp3) is 0.516. The summed E-state index contributed by atoms with van der Waals surface area (Å²) in [7, 11) is 0. The number of aryl methyl sites for hydroxylation is 2. The lowest BCUT2D eigenvalue weighted by Crippen LogP contribution is -2.57. The molecule has 2 N–H and O–H groups in total. The molecule has 0 aliphatic carbocycles. The molecule has 9 heteroatoms. The van der Waals surface area contributed by atoms with E-state index < -0.39 is 0 Å². The molecule has 2 heterocycles. The summed E-state index contributed by atoms with van der Waals surface area (Å²) in [5.74, 6) is 1.58. The van der Waals surface area contributed by atoms with E-state index in [-0.39, 0.29) is 11.6 Å². The Hall–Kier alpha value is -2.61. The lowest BCUT2D eigenvalue weighted by molar-refractivity contribution is 0.253. The molecule has 0 amide bonds. The van der Waals surface area contributed by atoms with E-state index in [1.165, 1.54) is 12.8 Å². The molecule has 7 nitrogen and oxygen atoms in total. The summed E-state index contributed by atoms with van der Waals surface area (Å²) in [6.45, 7) is 13.4. The van der Waals surface area contributed by atoms with Gasteiger partial charge in [0, 0.05) is 47.5 Å². The van der Waals surface area contributed by atoms with E-state index >= 15 is 0 Å². The maximum atomic E-state index is 13.2. The predicted molar refractivity (Wildman–Crippen MR) is 169 cm³/mol. The second-order valence-corrected chi connectivity index (χ2v) is 12.4. The summed E-state index contributed by atoms with van der Waals surface area (Å²) in [5, 5.41) is 8.96. The number of aromatic nitrogens is 2. The number of benzene rings is 2. The Balaban J connectivity index is 1.53. The molecule has 0 bridgehead atoms. The van der Waals surface area contributed by atoms with Gasteiger partial charge in [0.05, 0.1) is 23.3 Å². The van der Waals surface area contributed by atoms with Gasteiger partial charge in [0.15, 0.2) is 5.96 Å². The van der Waals surface area contributed by atoms with Crippen LogP contribution in [0.5, 0.6) is 0 Å². The standard InChI is InChI=1S/C31H42Cl2N6O/c1-20(2)7-6-8-21(3)36-31(39-17-22(4)35-23(5)18-39)37-26-11-12-27-29(16-26)34-19-38(30(27)40)14-13-24-9-10-25(32)15-28(24)33/h9-12,15-16,19-23,35H,6-8,13-14,17-18H2,1-5H3,(H,36,37)/t21?,22-,23+. The van der Waals surface area contributed by atoms with Gasteiger partial charge in [-0.15, -0.1) is 0 Å². The van der Waals surface area contributed by atoms with E-state index in [1.54, 1.807) is 17.0 Å². The van der Waals surface area contributed by atoms with Crippen LogP contribution in [-0.2, 0) is 13.0 Å². The van der Waals surface area contributed by atoms with E-state index in [2.05, 4.69) is 55.1 Å². The Kier molecular flexibility index (Phi) is 10.5. The molecule has 1 aliphatic rings. The highest BCUT2D eigenvalue weighted by molar-refractivity contribution is 6.35. The second-order valence-electron chi connectivity index (χ2n) is 11.6. The first-order valence-corrected chi connectivity index (χ1v) is 15.1. The van der Waals surface area contributed by atoms with Crippen LogP contribution in [0.25, 0.3) is 10.9 Å². The van der Waals surface area contributed by atoms with Gasteiger partial charge in [-0.25, -0.2) is 9.98 Å². The first-order valence-electron chi connectivity index (χ1n) is 14.4. The maximum absolute atomic E-state index is 13.2. The van der Waals surface area contributed by atoms with Crippen LogP contribution in [0.1, 0.15) is 59.4 Å². The molecule has 0 radical (unpaired) electrons. The molecular formula is C31H42Cl2N6O. The molecule has 1 aliphatic heterocycles. The van der Waals surface area contributed by atoms with Crippen molar-refractivity contribution in [1.29, 1.82) is 0 Å². The van der Waals surface area contributed by atoms with Crippen molar-refractivity contribution in [1.82, 2.24) is 19.8 Å². The van der Waals surface area contributed by atoms with Gasteiger partial charge < -0.3 is 15.5 Å². The van der Waals surface area contributed by atoms with Crippen LogP contribution in [0.3, 0.4) is 0 Å². The molecule has 3 aromatic rings. The second kappa shape index (κ2) is 13.8. The van der Waals surface area contributed by atoms with Crippen LogP contribution in [0.2, 0.25) is 10.0 Å². The summed E-state index contributed by atoms with van der Waals surface area (Å²) >= 11 is 12.3. The monoisotopic (exact) mass is 584 g/mol. The van der Waals surface area contributed by atoms with Crippen molar-refractivity contribution < 1.29 is 0 Å². The van der Waals surface area contributed by atoms with E-state index in [1.807, 2.05) is 30.3 Å². The van der Waals surface area contributed by atoms with Gasteiger partial charge >= 0.3 is 0 Å². The zero-order valence-corrected chi connectivity index (χ0v) is 25.8. The van der Waals surface area contributed by atoms with Gasteiger partial charge in [-0.05, 0) is 75.4 Å². The number of guanidine groups is 1. The van der Waals surface area contributed by atoms with Crippen LogP contribution in [0.4, 0.5) is 5.69 Å². The number of hydrogen-bond acceptors (Lipinski definition) is 4. The number of anilines is 1. The summed E-state index contributed by atoms with van der Waals surface area (Å²) < 4.78 is 1.63. The van der Waals surface area contributed by atoms with Crippen molar-refractivity contribution >= 4 is 45.8 Å². The number of nitrogens with zero attached hydrogens (tertiary/aromatic N) is 4. The van der Waals surface area contributed by atoms with E-state index in [0.717, 1.165) is 36.7 Å². The predicted octanol–water partition coefficient (Wildman–Crippen LogP) is 6.61. The van der Waals surface area contributed by atoms with Crippen molar-refractivity contribution in [2.45, 2.75) is 85.0 Å². The summed E-state index contributed by atoms with van der Waals surface area (Å²) in [6, 6.07) is 12.1. The third kappa shape index (κ3) is 8.21. The normalized spacial score (nSPS) is 18.9. The minimum atomic E-state index is -0.0703. The van der Waals surface area contributed by atoms with Crippen LogP contribution in [0, 0.1) is 5.92 Å². The van der Waals surface area contributed by atoms with Crippen molar-refractivity contribution in [3.63, 3.8) is 0 Å². The molecule has 216 valence electrons. The Bertz CT molecular complexity index is 1380. The summed E-state index contributed by atoms with van der Waals surface area (Å²) in [4.78, 5) is 25.3. The zero-order valence-electron chi connectivity index (χ0n) is 24.3. The molecule has 1 saturated heterocycles. The number of halogens is 2. The highest BCUT2D eigenvalue weighted by Gasteiger charge is 2.24. The molecule has 0 saturated carbocycles. The Labute approximate surface area is 248 Å². The Morgan fingerprint density at radius 3 is 2.55 bits per heavy atom. The van der Waals surface area contributed by atoms with E-state index in [0.29, 0.717) is 51.9 Å². The van der Waals surface area contributed by atoms with Crippen LogP contribution in [0.15, 0.2) is 52.5 Å². The molecule has 0 spiro atoms. The number of piperazine rings is 1. The van der Waals surface area contributed by atoms with Gasteiger partial charge in [0.1, 0.15) is 0 Å². The smallest absolute Gasteiger partial charge is 0.261 e. The minimum absolute atomic E-state index is 0.0703. The number of nitrogens with one attached hydrogen (secondary N) is 2. The lowest BCUT2D eigenvalue weighted by atomic mass is 10.0. The summed E-state index contributed by atoms with van der Waals surface area (Å²) in [6.07, 6.45) is 5.66. The highest BCUT2D eigenvalue weighted by atomic mass is 35.5. The van der Waals surface area contributed by atoms with Gasteiger partial charge in [0.2, 0.25) is 0 Å².